The second kappa shape index (κ2) is 4.96. The van der Waals surface area contributed by atoms with Crippen LogP contribution in [0.3, 0.4) is 0 Å². The van der Waals surface area contributed by atoms with Gasteiger partial charge < -0.3 is 4.98 Å². The number of fused-ring (bicyclic) bond motifs is 1. The highest BCUT2D eigenvalue weighted by molar-refractivity contribution is 9.10. The second-order valence-corrected chi connectivity index (χ2v) is 6.94. The minimum absolute atomic E-state index is 0.231. The average Bonchev–Trinajstić information content (AvgIpc) is 2.86. The van der Waals surface area contributed by atoms with Gasteiger partial charge in [0.1, 0.15) is 0 Å². The number of sulfonamides is 1. The van der Waals surface area contributed by atoms with Gasteiger partial charge in [-0.1, -0.05) is 15.9 Å². The lowest BCUT2D eigenvalue weighted by Gasteiger charge is -2.08. The lowest BCUT2D eigenvalue weighted by molar-refractivity contribution is 0.601. The van der Waals surface area contributed by atoms with Crippen LogP contribution in [0.4, 0.5) is 5.69 Å². The Balaban J connectivity index is 1.94. The van der Waals surface area contributed by atoms with Crippen LogP contribution in [0.1, 0.15) is 0 Å². The first-order chi connectivity index (χ1) is 9.54. The second-order valence-electron chi connectivity index (χ2n) is 4.34. The zero-order chi connectivity index (χ0) is 14.2. The number of halogens is 1. The molecular weight excluding hydrogens is 340 g/mol. The molecule has 0 saturated heterocycles. The average molecular weight is 351 g/mol. The Morgan fingerprint density at radius 3 is 2.50 bits per heavy atom. The molecule has 20 heavy (non-hydrogen) atoms. The highest BCUT2D eigenvalue weighted by atomic mass is 79.9. The van der Waals surface area contributed by atoms with Gasteiger partial charge in [0.25, 0.3) is 10.0 Å². The van der Waals surface area contributed by atoms with Crippen molar-refractivity contribution >= 4 is 42.5 Å². The molecule has 3 aromatic rings. The van der Waals surface area contributed by atoms with Gasteiger partial charge in [0.05, 0.1) is 4.90 Å². The van der Waals surface area contributed by atoms with Crippen LogP contribution >= 0.6 is 15.9 Å². The molecular formula is C14H11BrN2O2S. The van der Waals surface area contributed by atoms with E-state index >= 15 is 0 Å². The van der Waals surface area contributed by atoms with Crippen molar-refractivity contribution in [3.05, 3.63) is 59.2 Å². The molecule has 102 valence electrons. The number of aromatic amines is 1. The number of anilines is 1. The molecule has 0 spiro atoms. The Kier molecular flexibility index (Phi) is 3.27. The zero-order valence-electron chi connectivity index (χ0n) is 10.3. The molecule has 6 heteroatoms. The molecule has 0 radical (unpaired) electrons. The third kappa shape index (κ3) is 2.57. The summed E-state index contributed by atoms with van der Waals surface area (Å²) in [4.78, 5) is 3.30. The van der Waals surface area contributed by atoms with E-state index in [2.05, 4.69) is 25.6 Å². The van der Waals surface area contributed by atoms with E-state index in [-0.39, 0.29) is 4.90 Å². The predicted octanol–water partition coefficient (Wildman–Crippen LogP) is 3.73. The first-order valence-corrected chi connectivity index (χ1v) is 8.18. The topological polar surface area (TPSA) is 62.0 Å². The SMILES string of the molecule is O=S(=O)(Nc1ccc2[nH]ccc2c1)c1ccc(Br)cc1. The van der Waals surface area contributed by atoms with Gasteiger partial charge in [-0.25, -0.2) is 8.42 Å². The molecule has 0 aliphatic carbocycles. The van der Waals surface area contributed by atoms with Gasteiger partial charge in [0.15, 0.2) is 0 Å². The Morgan fingerprint density at radius 1 is 1.00 bits per heavy atom. The molecule has 1 aromatic heterocycles. The van der Waals surface area contributed by atoms with Gasteiger partial charge in [-0.15, -0.1) is 0 Å². The maximum absolute atomic E-state index is 12.3. The van der Waals surface area contributed by atoms with E-state index in [0.717, 1.165) is 15.4 Å². The highest BCUT2D eigenvalue weighted by Gasteiger charge is 2.14. The summed E-state index contributed by atoms with van der Waals surface area (Å²) in [6, 6.07) is 13.8. The van der Waals surface area contributed by atoms with E-state index in [1.807, 2.05) is 18.3 Å². The van der Waals surface area contributed by atoms with Crippen molar-refractivity contribution in [1.29, 1.82) is 0 Å². The first-order valence-electron chi connectivity index (χ1n) is 5.90. The maximum Gasteiger partial charge on any atom is 0.261 e. The summed E-state index contributed by atoms with van der Waals surface area (Å²) < 4.78 is 27.9. The first kappa shape index (κ1) is 13.2. The fourth-order valence-electron chi connectivity index (χ4n) is 1.94. The largest absolute Gasteiger partial charge is 0.361 e. The van der Waals surface area contributed by atoms with Crippen LogP contribution in [0.25, 0.3) is 10.9 Å². The minimum atomic E-state index is -3.56. The number of benzene rings is 2. The van der Waals surface area contributed by atoms with Gasteiger partial charge >= 0.3 is 0 Å². The third-order valence-electron chi connectivity index (χ3n) is 2.93. The molecule has 0 amide bonds. The molecule has 1 heterocycles. The Bertz CT molecular complexity index is 854. The fourth-order valence-corrected chi connectivity index (χ4v) is 3.26. The van der Waals surface area contributed by atoms with Gasteiger partial charge in [0.2, 0.25) is 0 Å². The van der Waals surface area contributed by atoms with Crippen LogP contribution in [-0.4, -0.2) is 13.4 Å². The molecule has 3 rings (SSSR count). The smallest absolute Gasteiger partial charge is 0.261 e. The van der Waals surface area contributed by atoms with Crippen LogP contribution in [-0.2, 0) is 10.0 Å². The molecule has 0 aliphatic heterocycles. The lowest BCUT2D eigenvalue weighted by Crippen LogP contribution is -2.12. The molecule has 0 aliphatic rings. The van der Waals surface area contributed by atoms with E-state index in [9.17, 15) is 8.42 Å². The van der Waals surface area contributed by atoms with Crippen LogP contribution in [0, 0.1) is 0 Å². The third-order valence-corrected chi connectivity index (χ3v) is 4.86. The van der Waals surface area contributed by atoms with Gasteiger partial charge in [-0.3, -0.25) is 4.72 Å². The summed E-state index contributed by atoms with van der Waals surface area (Å²) in [6.45, 7) is 0. The van der Waals surface area contributed by atoms with E-state index in [1.165, 1.54) is 0 Å². The monoisotopic (exact) mass is 350 g/mol. The van der Waals surface area contributed by atoms with Gasteiger partial charge in [-0.2, -0.15) is 0 Å². The summed E-state index contributed by atoms with van der Waals surface area (Å²) >= 11 is 3.28. The van der Waals surface area contributed by atoms with Crippen LogP contribution in [0.2, 0.25) is 0 Å². The molecule has 0 bridgehead atoms. The molecule has 0 fully saturated rings. The molecule has 0 atom stereocenters. The summed E-state index contributed by atoms with van der Waals surface area (Å²) in [7, 11) is -3.56. The fraction of sp³-hybridized carbons (Fsp3) is 0. The van der Waals surface area contributed by atoms with Gasteiger partial charge in [-0.05, 0) is 48.5 Å². The predicted molar refractivity (Wildman–Crippen MR) is 83.2 cm³/mol. The molecule has 0 unspecified atom stereocenters. The molecule has 2 N–H and O–H groups in total. The van der Waals surface area contributed by atoms with E-state index in [4.69, 9.17) is 0 Å². The minimum Gasteiger partial charge on any atom is -0.361 e. The Labute approximate surface area is 125 Å². The van der Waals surface area contributed by atoms with Crippen molar-refractivity contribution in [1.82, 2.24) is 4.98 Å². The number of hydrogen-bond acceptors (Lipinski definition) is 2. The maximum atomic E-state index is 12.3. The quantitative estimate of drug-likeness (QED) is 0.755. The number of nitrogens with one attached hydrogen (secondary N) is 2. The number of rotatable bonds is 3. The molecule has 0 saturated carbocycles. The van der Waals surface area contributed by atoms with Crippen molar-refractivity contribution in [2.45, 2.75) is 4.90 Å². The number of H-pyrrole nitrogens is 1. The van der Waals surface area contributed by atoms with Crippen LogP contribution < -0.4 is 4.72 Å². The van der Waals surface area contributed by atoms with Gasteiger partial charge in [0, 0.05) is 27.3 Å². The Morgan fingerprint density at radius 2 is 1.75 bits per heavy atom. The van der Waals surface area contributed by atoms with Crippen LogP contribution in [0.5, 0.6) is 0 Å². The molecule has 4 nitrogen and oxygen atoms in total. The van der Waals surface area contributed by atoms with Crippen molar-refractivity contribution in [3.63, 3.8) is 0 Å². The standard InChI is InChI=1S/C14H11BrN2O2S/c15-11-1-4-13(5-2-11)20(18,19)17-12-3-6-14-10(9-12)7-8-16-14/h1-9,16-17H. The number of aromatic nitrogens is 1. The summed E-state index contributed by atoms with van der Waals surface area (Å²) in [6.07, 6.45) is 1.82. The van der Waals surface area contributed by atoms with Crippen molar-refractivity contribution in [2.24, 2.45) is 0 Å². The lowest BCUT2D eigenvalue weighted by atomic mass is 10.2. The highest BCUT2D eigenvalue weighted by Crippen LogP contribution is 2.22. The van der Waals surface area contributed by atoms with Crippen molar-refractivity contribution in [2.75, 3.05) is 4.72 Å². The summed E-state index contributed by atoms with van der Waals surface area (Å²) in [5, 5.41) is 0.959. The zero-order valence-corrected chi connectivity index (χ0v) is 12.7. The van der Waals surface area contributed by atoms with E-state index in [1.54, 1.807) is 36.4 Å². The summed E-state index contributed by atoms with van der Waals surface area (Å²) in [5.74, 6) is 0. The van der Waals surface area contributed by atoms with E-state index in [0.29, 0.717) is 5.69 Å². The normalized spacial score (nSPS) is 11.7. The molecule has 2 aromatic carbocycles. The van der Waals surface area contributed by atoms with E-state index < -0.39 is 10.0 Å². The number of hydrogen-bond donors (Lipinski definition) is 2. The summed E-state index contributed by atoms with van der Waals surface area (Å²) in [5.41, 5.74) is 1.51. The van der Waals surface area contributed by atoms with Crippen molar-refractivity contribution < 1.29 is 8.42 Å². The Hall–Kier alpha value is -1.79. The van der Waals surface area contributed by atoms with Crippen molar-refractivity contribution in [3.8, 4) is 0 Å². The van der Waals surface area contributed by atoms with Crippen LogP contribution in [0.15, 0.2) is 64.1 Å².